The van der Waals surface area contributed by atoms with Gasteiger partial charge in [0.25, 0.3) is 5.91 Å². The van der Waals surface area contributed by atoms with Crippen LogP contribution in [0.3, 0.4) is 0 Å². The van der Waals surface area contributed by atoms with E-state index in [-0.39, 0.29) is 5.91 Å². The van der Waals surface area contributed by atoms with Crippen molar-refractivity contribution < 1.29 is 4.79 Å². The maximum Gasteiger partial charge on any atom is 0.267 e. The molecule has 0 aliphatic carbocycles. The van der Waals surface area contributed by atoms with E-state index < -0.39 is 0 Å². The van der Waals surface area contributed by atoms with Crippen molar-refractivity contribution in [2.75, 3.05) is 6.54 Å². The summed E-state index contributed by atoms with van der Waals surface area (Å²) in [6.45, 7) is 6.02. The minimum Gasteiger partial charge on any atom is -0.282 e. The van der Waals surface area contributed by atoms with Gasteiger partial charge < -0.3 is 0 Å². The Kier molecular flexibility index (Phi) is 5.36. The van der Waals surface area contributed by atoms with Crippen LogP contribution in [0.25, 0.3) is 6.08 Å². The molecule has 1 aliphatic rings. The number of benzene rings is 1. The highest BCUT2D eigenvalue weighted by Gasteiger charge is 2.32. The molecule has 0 atom stereocenters. The highest BCUT2D eigenvalue weighted by Crippen LogP contribution is 2.34. The third-order valence-corrected chi connectivity index (χ3v) is 4.67. The normalized spacial score (nSPS) is 17.5. The summed E-state index contributed by atoms with van der Waals surface area (Å²) in [5.41, 5.74) is 1.75. The molecule has 1 fully saturated rings. The van der Waals surface area contributed by atoms with Crippen molar-refractivity contribution in [3.05, 3.63) is 76.3 Å². The second kappa shape index (κ2) is 7.68. The van der Waals surface area contributed by atoms with Gasteiger partial charge in [0.05, 0.1) is 4.91 Å². The number of aryl methyl sites for hydroxylation is 1. The molecule has 1 saturated heterocycles. The lowest BCUT2D eigenvalue weighted by molar-refractivity contribution is -0.121. The van der Waals surface area contributed by atoms with E-state index in [4.69, 9.17) is 11.6 Å². The second-order valence-electron chi connectivity index (χ2n) is 5.40. The SMILES string of the molecule is C=CCN1C(=O)/C(=C/c2cccc(Cl)c2)S/C1=N/c1cccc(C)n1. The largest absolute Gasteiger partial charge is 0.282 e. The van der Waals surface area contributed by atoms with Crippen molar-refractivity contribution in [3.8, 4) is 0 Å². The maximum atomic E-state index is 12.7. The first-order valence-electron chi connectivity index (χ1n) is 7.67. The molecular formula is C19H16ClN3OS. The van der Waals surface area contributed by atoms with Crippen LogP contribution in [0.1, 0.15) is 11.3 Å². The van der Waals surface area contributed by atoms with Gasteiger partial charge in [0.1, 0.15) is 0 Å². The number of aliphatic imine (C=N–C) groups is 1. The zero-order valence-corrected chi connectivity index (χ0v) is 15.2. The maximum absolute atomic E-state index is 12.7. The average Bonchev–Trinajstić information content (AvgIpc) is 2.84. The zero-order valence-electron chi connectivity index (χ0n) is 13.6. The minimum atomic E-state index is -0.101. The standard InChI is InChI=1S/C19H16ClN3OS/c1-3-10-23-18(24)16(12-14-7-5-8-15(20)11-14)25-19(23)22-17-9-4-6-13(2)21-17/h3-9,11-12H,1,10H2,2H3/b16-12-,22-19+. The van der Waals surface area contributed by atoms with E-state index >= 15 is 0 Å². The summed E-state index contributed by atoms with van der Waals surface area (Å²) in [4.78, 5) is 23.8. The highest BCUT2D eigenvalue weighted by atomic mass is 35.5. The van der Waals surface area contributed by atoms with Crippen LogP contribution in [0.5, 0.6) is 0 Å². The summed E-state index contributed by atoms with van der Waals surface area (Å²) in [5, 5.41) is 1.22. The highest BCUT2D eigenvalue weighted by molar-refractivity contribution is 8.18. The second-order valence-corrected chi connectivity index (χ2v) is 6.85. The number of rotatable bonds is 4. The number of halogens is 1. The number of thioether (sulfide) groups is 1. The van der Waals surface area contributed by atoms with Crippen LogP contribution in [0.4, 0.5) is 5.82 Å². The Bertz CT molecular complexity index is 892. The van der Waals surface area contributed by atoms with Crippen LogP contribution in [0, 0.1) is 6.92 Å². The smallest absolute Gasteiger partial charge is 0.267 e. The Morgan fingerprint density at radius 2 is 2.12 bits per heavy atom. The summed E-state index contributed by atoms with van der Waals surface area (Å²) in [6.07, 6.45) is 3.50. The lowest BCUT2D eigenvalue weighted by Gasteiger charge is -2.12. The fraction of sp³-hybridized carbons (Fsp3) is 0.105. The zero-order chi connectivity index (χ0) is 17.8. The molecule has 1 aliphatic heterocycles. The van der Waals surface area contributed by atoms with Gasteiger partial charge in [-0.1, -0.05) is 35.9 Å². The first-order chi connectivity index (χ1) is 12.1. The molecule has 2 heterocycles. The van der Waals surface area contributed by atoms with Gasteiger partial charge in [-0.3, -0.25) is 9.69 Å². The van der Waals surface area contributed by atoms with Crippen LogP contribution in [0.15, 0.2) is 65.0 Å². The van der Waals surface area contributed by atoms with Gasteiger partial charge in [-0.05, 0) is 54.6 Å². The minimum absolute atomic E-state index is 0.101. The lowest BCUT2D eigenvalue weighted by atomic mass is 10.2. The molecular weight excluding hydrogens is 354 g/mol. The molecule has 1 amide bonds. The number of carbonyl (C=O) groups excluding carboxylic acids is 1. The van der Waals surface area contributed by atoms with Gasteiger partial charge in [-0.15, -0.1) is 6.58 Å². The number of pyridine rings is 1. The Labute approximate surface area is 155 Å². The van der Waals surface area contributed by atoms with Gasteiger partial charge in [0, 0.05) is 17.3 Å². The van der Waals surface area contributed by atoms with Gasteiger partial charge >= 0.3 is 0 Å². The summed E-state index contributed by atoms with van der Waals surface area (Å²) >= 11 is 7.34. The Hall–Kier alpha value is -2.37. The van der Waals surface area contributed by atoms with Crippen molar-refractivity contribution >= 4 is 46.3 Å². The molecule has 0 bridgehead atoms. The molecule has 0 spiro atoms. The van der Waals surface area contributed by atoms with E-state index in [1.807, 2.05) is 49.4 Å². The molecule has 25 heavy (non-hydrogen) atoms. The molecule has 1 aromatic carbocycles. The monoisotopic (exact) mass is 369 g/mol. The van der Waals surface area contributed by atoms with Crippen molar-refractivity contribution in [3.63, 3.8) is 0 Å². The number of amides is 1. The number of amidine groups is 1. The molecule has 1 aromatic heterocycles. The fourth-order valence-electron chi connectivity index (χ4n) is 2.32. The van der Waals surface area contributed by atoms with Gasteiger partial charge in [-0.25, -0.2) is 9.98 Å². The molecule has 0 saturated carbocycles. The number of hydrogen-bond acceptors (Lipinski definition) is 4. The summed E-state index contributed by atoms with van der Waals surface area (Å²) in [7, 11) is 0. The van der Waals surface area contributed by atoms with Crippen molar-refractivity contribution in [1.82, 2.24) is 9.88 Å². The third-order valence-electron chi connectivity index (χ3n) is 3.43. The summed E-state index contributed by atoms with van der Waals surface area (Å²) < 4.78 is 0. The van der Waals surface area contributed by atoms with E-state index in [2.05, 4.69) is 16.6 Å². The predicted molar refractivity (Wildman–Crippen MR) is 105 cm³/mol. The van der Waals surface area contributed by atoms with Crippen LogP contribution >= 0.6 is 23.4 Å². The van der Waals surface area contributed by atoms with E-state index in [0.717, 1.165) is 11.3 Å². The first kappa shape index (κ1) is 17.5. The number of hydrogen-bond donors (Lipinski definition) is 0. The Balaban J connectivity index is 1.96. The Morgan fingerprint density at radius 3 is 2.84 bits per heavy atom. The van der Waals surface area contributed by atoms with Crippen molar-refractivity contribution in [1.29, 1.82) is 0 Å². The van der Waals surface area contributed by atoms with Gasteiger partial charge in [0.15, 0.2) is 11.0 Å². The number of carbonyl (C=O) groups is 1. The molecule has 0 radical (unpaired) electrons. The van der Waals surface area contributed by atoms with E-state index in [0.29, 0.717) is 27.5 Å². The number of nitrogens with zero attached hydrogens (tertiary/aromatic N) is 3. The molecule has 2 aromatic rings. The quantitative estimate of drug-likeness (QED) is 0.572. The number of aromatic nitrogens is 1. The topological polar surface area (TPSA) is 45.6 Å². The Morgan fingerprint density at radius 1 is 1.32 bits per heavy atom. The van der Waals surface area contributed by atoms with Crippen molar-refractivity contribution in [2.24, 2.45) is 4.99 Å². The van der Waals surface area contributed by atoms with E-state index in [1.54, 1.807) is 17.0 Å². The van der Waals surface area contributed by atoms with E-state index in [1.165, 1.54) is 11.8 Å². The molecule has 4 nitrogen and oxygen atoms in total. The molecule has 0 N–H and O–H groups in total. The van der Waals surface area contributed by atoms with Gasteiger partial charge in [-0.2, -0.15) is 0 Å². The summed E-state index contributed by atoms with van der Waals surface area (Å²) in [6, 6.07) is 13.0. The summed E-state index contributed by atoms with van der Waals surface area (Å²) in [5.74, 6) is 0.477. The average molecular weight is 370 g/mol. The van der Waals surface area contributed by atoms with E-state index in [9.17, 15) is 4.79 Å². The fourth-order valence-corrected chi connectivity index (χ4v) is 3.51. The van der Waals surface area contributed by atoms with Gasteiger partial charge in [0.2, 0.25) is 0 Å². The predicted octanol–water partition coefficient (Wildman–Crippen LogP) is 4.83. The van der Waals surface area contributed by atoms with Crippen molar-refractivity contribution in [2.45, 2.75) is 6.92 Å². The third kappa shape index (κ3) is 4.18. The molecule has 6 heteroatoms. The van der Waals surface area contributed by atoms with Crippen LogP contribution < -0.4 is 0 Å². The molecule has 3 rings (SSSR count). The molecule has 0 unspecified atom stereocenters. The lowest BCUT2D eigenvalue weighted by Crippen LogP contribution is -2.29. The van der Waals surface area contributed by atoms with Crippen LogP contribution in [0.2, 0.25) is 5.02 Å². The first-order valence-corrected chi connectivity index (χ1v) is 8.86. The molecule has 126 valence electrons. The van der Waals surface area contributed by atoms with Crippen LogP contribution in [-0.2, 0) is 4.79 Å². The van der Waals surface area contributed by atoms with Crippen LogP contribution in [-0.4, -0.2) is 27.5 Å².